The molecule has 0 bridgehead atoms. The number of nitrogens with two attached hydrogens (primary N) is 1. The molecule has 1 fully saturated rings. The van der Waals surface area contributed by atoms with Gasteiger partial charge in [0.1, 0.15) is 4.60 Å². The first kappa shape index (κ1) is 11.5. The number of rotatable bonds is 4. The van der Waals surface area contributed by atoms with Crippen molar-refractivity contribution in [2.75, 3.05) is 5.73 Å². The highest BCUT2D eigenvalue weighted by Crippen LogP contribution is 2.31. The maximum Gasteiger partial charge on any atom is 0.263 e. The molecule has 2 N–H and O–H groups in total. The lowest BCUT2D eigenvalue weighted by atomic mass is 10.4. The van der Waals surface area contributed by atoms with Crippen molar-refractivity contribution in [1.82, 2.24) is 19.7 Å². The Morgan fingerprint density at radius 1 is 1.44 bits per heavy atom. The molecule has 18 heavy (non-hydrogen) atoms. The summed E-state index contributed by atoms with van der Waals surface area (Å²) in [5.41, 5.74) is 5.69. The summed E-state index contributed by atoms with van der Waals surface area (Å²) in [6.07, 6.45) is 7.61. The van der Waals surface area contributed by atoms with Crippen LogP contribution in [0.3, 0.4) is 0 Å². The van der Waals surface area contributed by atoms with E-state index in [1.807, 2.05) is 10.9 Å². The van der Waals surface area contributed by atoms with Crippen molar-refractivity contribution < 1.29 is 4.74 Å². The molecule has 2 aromatic heterocycles. The van der Waals surface area contributed by atoms with Crippen LogP contribution in [-0.2, 0) is 6.54 Å². The summed E-state index contributed by atoms with van der Waals surface area (Å²) in [6, 6.07) is 0. The largest absolute Gasteiger partial charge is 0.433 e. The number of hydrogen-bond acceptors (Lipinski definition) is 5. The van der Waals surface area contributed by atoms with Gasteiger partial charge in [0.05, 0.1) is 18.6 Å². The van der Waals surface area contributed by atoms with Crippen molar-refractivity contribution in [3.63, 3.8) is 0 Å². The number of halogens is 1. The van der Waals surface area contributed by atoms with Crippen molar-refractivity contribution in [3.8, 4) is 11.6 Å². The zero-order valence-corrected chi connectivity index (χ0v) is 11.2. The van der Waals surface area contributed by atoms with Crippen LogP contribution in [0.5, 0.6) is 11.6 Å². The Bertz CT molecular complexity index is 566. The zero-order chi connectivity index (χ0) is 12.5. The van der Waals surface area contributed by atoms with Crippen LogP contribution in [0.15, 0.2) is 23.2 Å². The van der Waals surface area contributed by atoms with E-state index in [0.29, 0.717) is 10.4 Å². The Morgan fingerprint density at radius 3 is 3.06 bits per heavy atom. The first-order valence-electron chi connectivity index (χ1n) is 5.69. The molecule has 0 aliphatic heterocycles. The van der Waals surface area contributed by atoms with Gasteiger partial charge in [-0.25, -0.2) is 9.97 Å². The van der Waals surface area contributed by atoms with Gasteiger partial charge in [0.2, 0.25) is 0 Å². The van der Waals surface area contributed by atoms with Crippen LogP contribution >= 0.6 is 15.9 Å². The summed E-state index contributed by atoms with van der Waals surface area (Å²) in [6.45, 7) is 0.947. The molecule has 0 radical (unpaired) electrons. The van der Waals surface area contributed by atoms with Crippen LogP contribution in [0.1, 0.15) is 12.8 Å². The number of aromatic nitrogens is 4. The van der Waals surface area contributed by atoms with E-state index in [1.54, 1.807) is 6.20 Å². The Kier molecular flexibility index (Phi) is 2.91. The Hall–Kier alpha value is -1.63. The predicted octanol–water partition coefficient (Wildman–Crippen LogP) is 2.22. The summed E-state index contributed by atoms with van der Waals surface area (Å²) in [5, 5.41) is 4.24. The standard InChI is InChI=1S/C11H12BrN5O/c12-9-4-14-10(13)11(16-9)18-8-3-15-17(6-8)5-7-1-2-7/h3-4,6-7H,1-2,5H2,(H2,13,14). The van der Waals surface area contributed by atoms with Gasteiger partial charge in [0.15, 0.2) is 11.6 Å². The Labute approximate surface area is 112 Å². The highest BCUT2D eigenvalue weighted by atomic mass is 79.9. The lowest BCUT2D eigenvalue weighted by Gasteiger charge is -2.04. The highest BCUT2D eigenvalue weighted by Gasteiger charge is 2.22. The van der Waals surface area contributed by atoms with Gasteiger partial charge in [0, 0.05) is 6.54 Å². The number of nitrogens with zero attached hydrogens (tertiary/aromatic N) is 4. The lowest BCUT2D eigenvalue weighted by molar-refractivity contribution is 0.460. The third-order valence-corrected chi connectivity index (χ3v) is 3.09. The van der Waals surface area contributed by atoms with Gasteiger partial charge in [-0.2, -0.15) is 5.10 Å². The molecular weight excluding hydrogens is 298 g/mol. The van der Waals surface area contributed by atoms with Gasteiger partial charge in [0.25, 0.3) is 5.88 Å². The van der Waals surface area contributed by atoms with Crippen molar-refractivity contribution in [1.29, 1.82) is 0 Å². The van der Waals surface area contributed by atoms with Crippen molar-refractivity contribution in [2.45, 2.75) is 19.4 Å². The van der Waals surface area contributed by atoms with E-state index in [1.165, 1.54) is 19.0 Å². The van der Waals surface area contributed by atoms with Crippen molar-refractivity contribution in [3.05, 3.63) is 23.2 Å². The van der Waals surface area contributed by atoms with Gasteiger partial charge in [-0.1, -0.05) is 0 Å². The fraction of sp³-hybridized carbons (Fsp3) is 0.364. The molecule has 0 saturated heterocycles. The maximum absolute atomic E-state index is 5.69. The first-order valence-corrected chi connectivity index (χ1v) is 6.48. The van der Waals surface area contributed by atoms with E-state index in [2.05, 4.69) is 31.0 Å². The minimum absolute atomic E-state index is 0.258. The molecule has 0 atom stereocenters. The minimum atomic E-state index is 0.258. The number of hydrogen-bond donors (Lipinski definition) is 1. The minimum Gasteiger partial charge on any atom is -0.433 e. The monoisotopic (exact) mass is 309 g/mol. The molecule has 0 amide bonds. The van der Waals surface area contributed by atoms with E-state index < -0.39 is 0 Å². The SMILES string of the molecule is Nc1ncc(Br)nc1Oc1cnn(CC2CC2)c1. The van der Waals surface area contributed by atoms with Crippen LogP contribution in [0.2, 0.25) is 0 Å². The molecule has 1 saturated carbocycles. The average Bonchev–Trinajstić information content (AvgIpc) is 3.04. The van der Waals surface area contributed by atoms with E-state index in [0.717, 1.165) is 12.5 Å². The molecular formula is C11H12BrN5O. The normalized spacial score (nSPS) is 14.7. The second-order valence-electron chi connectivity index (χ2n) is 4.33. The molecule has 2 aromatic rings. The Balaban J connectivity index is 1.74. The average molecular weight is 310 g/mol. The summed E-state index contributed by atoms with van der Waals surface area (Å²) in [4.78, 5) is 8.08. The third kappa shape index (κ3) is 2.61. The van der Waals surface area contributed by atoms with Gasteiger partial charge < -0.3 is 10.5 Å². The third-order valence-electron chi connectivity index (χ3n) is 2.70. The fourth-order valence-corrected chi connectivity index (χ4v) is 1.87. The molecule has 94 valence electrons. The summed E-state index contributed by atoms with van der Waals surface area (Å²) in [5.74, 6) is 1.94. The van der Waals surface area contributed by atoms with Gasteiger partial charge in [-0.3, -0.25) is 4.68 Å². The smallest absolute Gasteiger partial charge is 0.263 e. The molecule has 0 spiro atoms. The molecule has 1 aliphatic carbocycles. The summed E-state index contributed by atoms with van der Waals surface area (Å²) >= 11 is 3.23. The van der Waals surface area contributed by atoms with Crippen LogP contribution in [0.4, 0.5) is 5.82 Å². The number of ether oxygens (including phenoxy) is 1. The van der Waals surface area contributed by atoms with Crippen LogP contribution in [-0.4, -0.2) is 19.7 Å². The summed E-state index contributed by atoms with van der Waals surface area (Å²) in [7, 11) is 0. The maximum atomic E-state index is 5.69. The van der Waals surface area contributed by atoms with Crippen molar-refractivity contribution >= 4 is 21.7 Å². The quantitative estimate of drug-likeness (QED) is 0.936. The first-order chi connectivity index (χ1) is 8.70. The fourth-order valence-electron chi connectivity index (χ4n) is 1.61. The second kappa shape index (κ2) is 4.56. The number of nitrogen functional groups attached to an aromatic ring is 1. The molecule has 6 nitrogen and oxygen atoms in total. The summed E-state index contributed by atoms with van der Waals surface area (Å²) < 4.78 is 8.02. The van der Waals surface area contributed by atoms with Gasteiger partial charge in [-0.15, -0.1) is 0 Å². The molecule has 1 aliphatic rings. The van der Waals surface area contributed by atoms with E-state index >= 15 is 0 Å². The molecule has 3 rings (SSSR count). The second-order valence-corrected chi connectivity index (χ2v) is 5.14. The lowest BCUT2D eigenvalue weighted by Crippen LogP contribution is -1.99. The van der Waals surface area contributed by atoms with E-state index in [9.17, 15) is 0 Å². The van der Waals surface area contributed by atoms with Crippen LogP contribution in [0, 0.1) is 5.92 Å². The van der Waals surface area contributed by atoms with Crippen molar-refractivity contribution in [2.24, 2.45) is 5.92 Å². The van der Waals surface area contributed by atoms with Crippen LogP contribution < -0.4 is 10.5 Å². The molecule has 0 unspecified atom stereocenters. The Morgan fingerprint density at radius 2 is 2.28 bits per heavy atom. The van der Waals surface area contributed by atoms with E-state index in [4.69, 9.17) is 10.5 Å². The highest BCUT2D eigenvalue weighted by molar-refractivity contribution is 9.10. The molecule has 2 heterocycles. The van der Waals surface area contributed by atoms with Gasteiger partial charge >= 0.3 is 0 Å². The van der Waals surface area contributed by atoms with E-state index in [-0.39, 0.29) is 11.7 Å². The molecule has 7 heteroatoms. The predicted molar refractivity (Wildman–Crippen MR) is 69.2 cm³/mol. The number of anilines is 1. The topological polar surface area (TPSA) is 78.8 Å². The van der Waals surface area contributed by atoms with Crippen LogP contribution in [0.25, 0.3) is 0 Å². The zero-order valence-electron chi connectivity index (χ0n) is 9.58. The van der Waals surface area contributed by atoms with Gasteiger partial charge in [-0.05, 0) is 34.7 Å². The molecule has 0 aromatic carbocycles.